The highest BCUT2D eigenvalue weighted by atomic mass is 19.4. The first-order valence-corrected chi connectivity index (χ1v) is 11.5. The summed E-state index contributed by atoms with van der Waals surface area (Å²) in [6, 6.07) is 5.98. The van der Waals surface area contributed by atoms with Gasteiger partial charge in [0.1, 0.15) is 0 Å². The fourth-order valence-electron chi connectivity index (χ4n) is 4.18. The molecule has 1 amide bonds. The summed E-state index contributed by atoms with van der Waals surface area (Å²) in [7, 11) is 1.91. The number of aromatic nitrogens is 4. The molecule has 1 saturated heterocycles. The van der Waals surface area contributed by atoms with E-state index in [1.165, 1.54) is 0 Å². The molecule has 0 saturated carbocycles. The van der Waals surface area contributed by atoms with Crippen LogP contribution >= 0.6 is 0 Å². The molecule has 2 unspecified atom stereocenters. The molecule has 9 nitrogen and oxygen atoms in total. The lowest BCUT2D eigenvalue weighted by Gasteiger charge is -2.38. The van der Waals surface area contributed by atoms with Gasteiger partial charge in [0.25, 0.3) is 5.91 Å². The monoisotopic (exact) mass is 518 g/mol. The summed E-state index contributed by atoms with van der Waals surface area (Å²) in [6.07, 6.45) is 3.33. The van der Waals surface area contributed by atoms with Gasteiger partial charge in [-0.3, -0.25) is 9.48 Å². The Labute approximate surface area is 212 Å². The number of aryl methyl sites for hydroxylation is 4. The SMILES string of the molecule is Cc1cnc(N2CCC(NC(=O)c3cc(C)cc(C)c3)C(c3cnn(C)c3)C2)nc1.O=C(O)C(F)(F)F. The van der Waals surface area contributed by atoms with E-state index in [0.717, 1.165) is 47.7 Å². The number of aliphatic carboxylic acids is 1. The number of piperidine rings is 1. The molecule has 2 aromatic heterocycles. The smallest absolute Gasteiger partial charge is 0.475 e. The first kappa shape index (κ1) is 27.6. The lowest BCUT2D eigenvalue weighted by atomic mass is 9.87. The van der Waals surface area contributed by atoms with Crippen LogP contribution in [0.15, 0.2) is 43.0 Å². The number of nitrogens with zero attached hydrogens (tertiary/aromatic N) is 5. The number of hydrogen-bond donors (Lipinski definition) is 2. The van der Waals surface area contributed by atoms with Crippen molar-refractivity contribution in [3.05, 3.63) is 70.8 Å². The van der Waals surface area contributed by atoms with Crippen LogP contribution in [0.1, 0.15) is 45.0 Å². The summed E-state index contributed by atoms with van der Waals surface area (Å²) in [6.45, 7) is 7.53. The van der Waals surface area contributed by atoms with E-state index in [1.54, 1.807) is 4.68 Å². The van der Waals surface area contributed by atoms with E-state index in [-0.39, 0.29) is 17.9 Å². The van der Waals surface area contributed by atoms with E-state index in [4.69, 9.17) is 9.90 Å². The zero-order chi connectivity index (χ0) is 27.3. The van der Waals surface area contributed by atoms with Gasteiger partial charge < -0.3 is 15.3 Å². The number of benzene rings is 1. The highest BCUT2D eigenvalue weighted by Crippen LogP contribution is 2.29. The number of amides is 1. The van der Waals surface area contributed by atoms with E-state index < -0.39 is 12.1 Å². The van der Waals surface area contributed by atoms with Crippen molar-refractivity contribution in [1.82, 2.24) is 25.1 Å². The normalized spacial score (nSPS) is 17.5. The number of anilines is 1. The number of halogens is 3. The van der Waals surface area contributed by atoms with Gasteiger partial charge in [-0.15, -0.1) is 0 Å². The molecule has 0 aliphatic carbocycles. The molecule has 2 atom stereocenters. The Morgan fingerprint density at radius 1 is 1.03 bits per heavy atom. The first-order chi connectivity index (χ1) is 17.3. The van der Waals surface area contributed by atoms with Gasteiger partial charge in [-0.1, -0.05) is 17.2 Å². The first-order valence-electron chi connectivity index (χ1n) is 11.5. The molecule has 1 aromatic carbocycles. The van der Waals surface area contributed by atoms with Crippen molar-refractivity contribution in [2.75, 3.05) is 18.0 Å². The fourth-order valence-corrected chi connectivity index (χ4v) is 4.18. The molecular formula is C25H29F3N6O3. The van der Waals surface area contributed by atoms with E-state index in [2.05, 4.69) is 31.3 Å². The van der Waals surface area contributed by atoms with Crippen LogP contribution in [0.25, 0.3) is 0 Å². The van der Waals surface area contributed by atoms with Crippen molar-refractivity contribution in [3.63, 3.8) is 0 Å². The van der Waals surface area contributed by atoms with Crippen molar-refractivity contribution in [3.8, 4) is 0 Å². The molecule has 1 aliphatic rings. The van der Waals surface area contributed by atoms with Gasteiger partial charge in [-0.2, -0.15) is 18.3 Å². The third kappa shape index (κ3) is 7.51. The van der Waals surface area contributed by atoms with Crippen molar-refractivity contribution in [2.24, 2.45) is 7.05 Å². The Morgan fingerprint density at radius 2 is 1.62 bits per heavy atom. The topological polar surface area (TPSA) is 113 Å². The maximum Gasteiger partial charge on any atom is 0.490 e. The maximum atomic E-state index is 13.0. The lowest BCUT2D eigenvalue weighted by molar-refractivity contribution is -0.192. The molecular weight excluding hydrogens is 489 g/mol. The van der Waals surface area contributed by atoms with Gasteiger partial charge in [0.05, 0.1) is 6.20 Å². The minimum absolute atomic E-state index is 0.0178. The number of carboxylic acid groups (broad SMARTS) is 1. The predicted octanol–water partition coefficient (Wildman–Crippen LogP) is 3.56. The summed E-state index contributed by atoms with van der Waals surface area (Å²) in [5, 5.41) is 14.8. The van der Waals surface area contributed by atoms with Crippen LogP contribution in [0, 0.1) is 20.8 Å². The minimum Gasteiger partial charge on any atom is -0.475 e. The molecule has 3 aromatic rings. The Bertz CT molecular complexity index is 1220. The van der Waals surface area contributed by atoms with Crippen LogP contribution in [0.4, 0.5) is 19.1 Å². The zero-order valence-electron chi connectivity index (χ0n) is 21.0. The number of nitrogens with one attached hydrogen (secondary N) is 1. The van der Waals surface area contributed by atoms with Crippen LogP contribution in [-0.4, -0.2) is 62.0 Å². The molecule has 12 heteroatoms. The van der Waals surface area contributed by atoms with E-state index in [9.17, 15) is 18.0 Å². The second-order valence-electron chi connectivity index (χ2n) is 9.11. The molecule has 0 radical (unpaired) electrons. The largest absolute Gasteiger partial charge is 0.490 e. The summed E-state index contributed by atoms with van der Waals surface area (Å²) in [5.41, 5.74) is 5.05. The summed E-state index contributed by atoms with van der Waals surface area (Å²) < 4.78 is 33.5. The third-order valence-corrected chi connectivity index (χ3v) is 5.86. The molecule has 0 bridgehead atoms. The molecule has 198 valence electrons. The Hall–Kier alpha value is -3.96. The highest BCUT2D eigenvalue weighted by Gasteiger charge is 2.38. The Balaban J connectivity index is 0.000000479. The van der Waals surface area contributed by atoms with Crippen molar-refractivity contribution >= 4 is 17.8 Å². The maximum absolute atomic E-state index is 13.0. The van der Waals surface area contributed by atoms with Crippen LogP contribution in [0.2, 0.25) is 0 Å². The van der Waals surface area contributed by atoms with E-state index in [1.807, 2.05) is 64.7 Å². The zero-order valence-corrected chi connectivity index (χ0v) is 21.0. The van der Waals surface area contributed by atoms with Crippen molar-refractivity contribution in [2.45, 2.75) is 45.3 Å². The van der Waals surface area contributed by atoms with Crippen LogP contribution in [0.5, 0.6) is 0 Å². The molecule has 3 heterocycles. The van der Waals surface area contributed by atoms with E-state index >= 15 is 0 Å². The van der Waals surface area contributed by atoms with Crippen molar-refractivity contribution in [1.29, 1.82) is 0 Å². The van der Waals surface area contributed by atoms with Gasteiger partial charge in [-0.05, 0) is 50.5 Å². The number of alkyl halides is 3. The van der Waals surface area contributed by atoms with Crippen molar-refractivity contribution < 1.29 is 27.9 Å². The minimum atomic E-state index is -5.08. The second-order valence-corrected chi connectivity index (χ2v) is 9.11. The van der Waals surface area contributed by atoms with Crippen LogP contribution < -0.4 is 10.2 Å². The highest BCUT2D eigenvalue weighted by molar-refractivity contribution is 5.94. The van der Waals surface area contributed by atoms with Gasteiger partial charge in [0.15, 0.2) is 0 Å². The Morgan fingerprint density at radius 3 is 2.14 bits per heavy atom. The average molecular weight is 519 g/mol. The third-order valence-electron chi connectivity index (χ3n) is 5.86. The fraction of sp³-hybridized carbons (Fsp3) is 0.400. The molecule has 1 fully saturated rings. The molecule has 2 N–H and O–H groups in total. The molecule has 37 heavy (non-hydrogen) atoms. The molecule has 1 aliphatic heterocycles. The molecule has 0 spiro atoms. The van der Waals surface area contributed by atoms with Crippen LogP contribution in [0.3, 0.4) is 0 Å². The predicted molar refractivity (Wildman–Crippen MR) is 130 cm³/mol. The number of carbonyl (C=O) groups excluding carboxylic acids is 1. The van der Waals surface area contributed by atoms with Gasteiger partial charge in [0.2, 0.25) is 5.95 Å². The number of carboxylic acids is 1. The van der Waals surface area contributed by atoms with Gasteiger partial charge in [-0.25, -0.2) is 14.8 Å². The number of carbonyl (C=O) groups is 2. The standard InChI is InChI=1S/C23H28N6O.C2HF3O2/c1-15-7-16(2)9-18(8-15)22(30)27-21-5-6-29(23-24-10-17(3)11-25-23)14-20(21)19-12-26-28(4)13-19;3-2(4,5)1(6)7/h7-13,20-21H,5-6,14H2,1-4H3,(H,27,30);(H,6,7). The number of hydrogen-bond acceptors (Lipinski definition) is 6. The van der Waals surface area contributed by atoms with E-state index in [0.29, 0.717) is 5.56 Å². The average Bonchev–Trinajstić information content (AvgIpc) is 3.25. The Kier molecular flexibility index (Phi) is 8.51. The summed E-state index contributed by atoms with van der Waals surface area (Å²) >= 11 is 0. The summed E-state index contributed by atoms with van der Waals surface area (Å²) in [5.74, 6) is -1.95. The lowest BCUT2D eigenvalue weighted by Crippen LogP contribution is -2.50. The molecule has 4 rings (SSSR count). The van der Waals surface area contributed by atoms with Gasteiger partial charge >= 0.3 is 12.1 Å². The second kappa shape index (κ2) is 11.4. The van der Waals surface area contributed by atoms with Crippen LogP contribution in [-0.2, 0) is 11.8 Å². The summed E-state index contributed by atoms with van der Waals surface area (Å²) in [4.78, 5) is 33.1. The quantitative estimate of drug-likeness (QED) is 0.543. The number of rotatable bonds is 4. The van der Waals surface area contributed by atoms with Gasteiger partial charge in [0, 0.05) is 56.3 Å².